The first-order valence-electron chi connectivity index (χ1n) is 11.1. The largest absolute Gasteiger partial charge is 0.462 e. The van der Waals surface area contributed by atoms with Crippen LogP contribution in [0.1, 0.15) is 64.9 Å². The maximum absolute atomic E-state index is 12.3. The van der Waals surface area contributed by atoms with Crippen molar-refractivity contribution in [2.45, 2.75) is 84.2 Å². The third-order valence-electron chi connectivity index (χ3n) is 5.80. The predicted molar refractivity (Wildman–Crippen MR) is 114 cm³/mol. The molecular formula is C24H35NO5. The smallest absolute Gasteiger partial charge is 0.410 e. The van der Waals surface area contributed by atoms with Gasteiger partial charge in [-0.05, 0) is 64.9 Å². The molecule has 30 heavy (non-hydrogen) atoms. The second kappa shape index (κ2) is 10.3. The molecule has 0 radical (unpaired) electrons. The molecule has 2 aliphatic rings. The average molecular weight is 418 g/mol. The van der Waals surface area contributed by atoms with Gasteiger partial charge in [0.25, 0.3) is 0 Å². The molecule has 2 fully saturated rings. The van der Waals surface area contributed by atoms with Gasteiger partial charge in [0.2, 0.25) is 0 Å². The number of carbonyl (C=O) groups excluding carboxylic acids is 2. The van der Waals surface area contributed by atoms with Crippen LogP contribution in [0.15, 0.2) is 30.3 Å². The van der Waals surface area contributed by atoms with Gasteiger partial charge in [0, 0.05) is 13.1 Å². The summed E-state index contributed by atoms with van der Waals surface area (Å²) >= 11 is 0. The standard InChI is InChI=1S/C24H35NO5/c1-24(2,3)22(26)30-20-11-9-19(10-12-20)29-21-13-15-25(16-14-21)23(27)28-17-18-7-5-4-6-8-18/h4-8,19-21H,9-17H2,1-3H3. The molecule has 1 heterocycles. The molecule has 0 N–H and O–H groups in total. The van der Waals surface area contributed by atoms with Gasteiger partial charge in [-0.1, -0.05) is 30.3 Å². The first-order chi connectivity index (χ1) is 14.3. The second-order valence-corrected chi connectivity index (χ2v) is 9.42. The lowest BCUT2D eigenvalue weighted by molar-refractivity contribution is -0.162. The molecule has 0 spiro atoms. The fourth-order valence-electron chi connectivity index (χ4n) is 3.87. The normalized spacial score (nSPS) is 23.1. The number of hydrogen-bond acceptors (Lipinski definition) is 5. The zero-order chi connectivity index (χ0) is 21.6. The molecule has 1 aromatic rings. The first-order valence-corrected chi connectivity index (χ1v) is 11.1. The van der Waals surface area contributed by atoms with Gasteiger partial charge in [0.1, 0.15) is 12.7 Å². The quantitative estimate of drug-likeness (QED) is 0.650. The van der Waals surface area contributed by atoms with Crippen LogP contribution in [0.3, 0.4) is 0 Å². The highest BCUT2D eigenvalue weighted by molar-refractivity contribution is 5.75. The van der Waals surface area contributed by atoms with Crippen LogP contribution in [0.25, 0.3) is 0 Å². The number of likely N-dealkylation sites (tertiary alicyclic amines) is 1. The van der Waals surface area contributed by atoms with E-state index in [1.165, 1.54) is 0 Å². The summed E-state index contributed by atoms with van der Waals surface area (Å²) in [6, 6.07) is 9.72. The molecule has 1 saturated heterocycles. The molecule has 1 aromatic carbocycles. The fourth-order valence-corrected chi connectivity index (χ4v) is 3.87. The number of hydrogen-bond donors (Lipinski definition) is 0. The molecule has 6 heteroatoms. The molecule has 1 saturated carbocycles. The van der Waals surface area contributed by atoms with Gasteiger partial charge in [0.15, 0.2) is 0 Å². The molecule has 0 bridgehead atoms. The van der Waals surface area contributed by atoms with E-state index in [1.54, 1.807) is 4.90 Å². The zero-order valence-electron chi connectivity index (χ0n) is 18.5. The number of amides is 1. The van der Waals surface area contributed by atoms with Gasteiger partial charge in [-0.3, -0.25) is 4.79 Å². The molecule has 1 aliphatic heterocycles. The van der Waals surface area contributed by atoms with Gasteiger partial charge < -0.3 is 19.1 Å². The molecule has 1 aliphatic carbocycles. The van der Waals surface area contributed by atoms with Crippen molar-refractivity contribution in [1.82, 2.24) is 4.90 Å². The van der Waals surface area contributed by atoms with Crippen LogP contribution in [0.4, 0.5) is 4.79 Å². The molecule has 1 amide bonds. The minimum Gasteiger partial charge on any atom is -0.462 e. The lowest BCUT2D eigenvalue weighted by Gasteiger charge is -2.36. The second-order valence-electron chi connectivity index (χ2n) is 9.42. The Morgan fingerprint density at radius 3 is 2.07 bits per heavy atom. The maximum Gasteiger partial charge on any atom is 0.410 e. The van der Waals surface area contributed by atoms with E-state index in [-0.39, 0.29) is 30.4 Å². The summed E-state index contributed by atoms with van der Waals surface area (Å²) in [4.78, 5) is 26.1. The summed E-state index contributed by atoms with van der Waals surface area (Å²) in [5, 5.41) is 0. The average Bonchev–Trinajstić information content (AvgIpc) is 2.74. The zero-order valence-corrected chi connectivity index (χ0v) is 18.5. The Balaban J connectivity index is 1.32. The Kier molecular flexibility index (Phi) is 7.75. The summed E-state index contributed by atoms with van der Waals surface area (Å²) in [5.41, 5.74) is 0.539. The monoisotopic (exact) mass is 417 g/mol. The number of carbonyl (C=O) groups is 2. The number of nitrogens with zero attached hydrogens (tertiary/aromatic N) is 1. The van der Waals surface area contributed by atoms with E-state index in [2.05, 4.69) is 0 Å². The Hall–Kier alpha value is -2.08. The highest BCUT2D eigenvalue weighted by atomic mass is 16.6. The molecule has 3 rings (SSSR count). The minimum atomic E-state index is -0.455. The third-order valence-corrected chi connectivity index (χ3v) is 5.80. The number of piperidine rings is 1. The predicted octanol–water partition coefficient (Wildman–Crippen LogP) is 4.70. The molecule has 6 nitrogen and oxygen atoms in total. The fraction of sp³-hybridized carbons (Fsp3) is 0.667. The molecule has 166 valence electrons. The van der Waals surface area contributed by atoms with Gasteiger partial charge in [-0.2, -0.15) is 0 Å². The van der Waals surface area contributed by atoms with E-state index in [9.17, 15) is 9.59 Å². The van der Waals surface area contributed by atoms with E-state index >= 15 is 0 Å². The number of ether oxygens (including phenoxy) is 3. The van der Waals surface area contributed by atoms with Gasteiger partial charge in [-0.25, -0.2) is 4.79 Å². The molecule has 0 atom stereocenters. The highest BCUT2D eigenvalue weighted by Crippen LogP contribution is 2.28. The molecule has 0 unspecified atom stereocenters. The van der Waals surface area contributed by atoms with Crippen molar-refractivity contribution in [2.24, 2.45) is 5.41 Å². The van der Waals surface area contributed by atoms with Crippen molar-refractivity contribution in [1.29, 1.82) is 0 Å². The number of rotatable bonds is 5. The summed E-state index contributed by atoms with van der Waals surface area (Å²) in [5.74, 6) is -0.126. The van der Waals surface area contributed by atoms with Crippen LogP contribution < -0.4 is 0 Å². The van der Waals surface area contributed by atoms with Crippen LogP contribution in [-0.2, 0) is 25.6 Å². The van der Waals surface area contributed by atoms with E-state index < -0.39 is 5.41 Å². The topological polar surface area (TPSA) is 65.1 Å². The Labute approximate surface area is 179 Å². The summed E-state index contributed by atoms with van der Waals surface area (Å²) in [7, 11) is 0. The lowest BCUT2D eigenvalue weighted by atomic mass is 9.93. The maximum atomic E-state index is 12.3. The number of benzene rings is 1. The van der Waals surface area contributed by atoms with Crippen LogP contribution >= 0.6 is 0 Å². The van der Waals surface area contributed by atoms with Crippen LogP contribution in [-0.4, -0.2) is 48.4 Å². The van der Waals surface area contributed by atoms with E-state index in [0.717, 1.165) is 44.1 Å². The van der Waals surface area contributed by atoms with Gasteiger partial charge in [-0.15, -0.1) is 0 Å². The highest BCUT2D eigenvalue weighted by Gasteiger charge is 2.31. The lowest BCUT2D eigenvalue weighted by Crippen LogP contribution is -2.42. The summed E-state index contributed by atoms with van der Waals surface area (Å²) < 4.78 is 17.4. The molecular weight excluding hydrogens is 382 g/mol. The van der Waals surface area contributed by atoms with Crippen LogP contribution in [0.5, 0.6) is 0 Å². The SMILES string of the molecule is CC(C)(C)C(=O)OC1CCC(OC2CCN(C(=O)OCc3ccccc3)CC2)CC1. The van der Waals surface area contributed by atoms with Crippen molar-refractivity contribution in [3.05, 3.63) is 35.9 Å². The van der Waals surface area contributed by atoms with E-state index in [1.807, 2.05) is 51.1 Å². The van der Waals surface area contributed by atoms with Crippen molar-refractivity contribution in [3.8, 4) is 0 Å². The van der Waals surface area contributed by atoms with Crippen molar-refractivity contribution < 1.29 is 23.8 Å². The molecule has 0 aromatic heterocycles. The van der Waals surface area contributed by atoms with Gasteiger partial charge >= 0.3 is 12.1 Å². The Bertz CT molecular complexity index is 683. The number of esters is 1. The van der Waals surface area contributed by atoms with E-state index in [4.69, 9.17) is 14.2 Å². The van der Waals surface area contributed by atoms with Crippen molar-refractivity contribution >= 4 is 12.1 Å². The van der Waals surface area contributed by atoms with Gasteiger partial charge in [0.05, 0.1) is 17.6 Å². The Morgan fingerprint density at radius 1 is 0.900 bits per heavy atom. The Morgan fingerprint density at radius 2 is 1.47 bits per heavy atom. The minimum absolute atomic E-state index is 0.0119. The summed E-state index contributed by atoms with van der Waals surface area (Å²) in [6.07, 6.45) is 5.38. The van der Waals surface area contributed by atoms with Crippen LogP contribution in [0, 0.1) is 5.41 Å². The third kappa shape index (κ3) is 6.73. The van der Waals surface area contributed by atoms with Crippen molar-refractivity contribution in [2.75, 3.05) is 13.1 Å². The van der Waals surface area contributed by atoms with Crippen LogP contribution in [0.2, 0.25) is 0 Å². The summed E-state index contributed by atoms with van der Waals surface area (Å²) in [6.45, 7) is 7.28. The van der Waals surface area contributed by atoms with Crippen molar-refractivity contribution in [3.63, 3.8) is 0 Å². The van der Waals surface area contributed by atoms with E-state index in [0.29, 0.717) is 19.7 Å². The first kappa shape index (κ1) is 22.6.